The van der Waals surface area contributed by atoms with Crippen LogP contribution >= 0.6 is 11.3 Å². The van der Waals surface area contributed by atoms with E-state index in [-0.39, 0.29) is 11.6 Å². The molecular formula is C19H17N5O2S. The third-order valence-corrected chi connectivity index (χ3v) is 5.13. The fraction of sp³-hybridized carbons (Fsp3) is 0.158. The third-order valence-electron chi connectivity index (χ3n) is 4.20. The van der Waals surface area contributed by atoms with Crippen LogP contribution in [-0.4, -0.2) is 33.0 Å². The van der Waals surface area contributed by atoms with Crippen LogP contribution in [0.25, 0.3) is 21.1 Å². The zero-order chi connectivity index (χ0) is 19.0. The average molecular weight is 379 g/mol. The van der Waals surface area contributed by atoms with Crippen molar-refractivity contribution in [2.75, 3.05) is 5.32 Å². The molecule has 136 valence electrons. The molecule has 2 aromatic heterocycles. The van der Waals surface area contributed by atoms with Crippen LogP contribution in [0.4, 0.5) is 5.13 Å². The number of fused-ring (bicyclic) bond motifs is 2. The van der Waals surface area contributed by atoms with Gasteiger partial charge in [-0.1, -0.05) is 35.6 Å². The van der Waals surface area contributed by atoms with E-state index in [1.807, 2.05) is 49.4 Å². The van der Waals surface area contributed by atoms with E-state index in [1.165, 1.54) is 11.3 Å². The average Bonchev–Trinajstić information content (AvgIpc) is 3.24. The summed E-state index contributed by atoms with van der Waals surface area (Å²) in [6.45, 7) is 3.63. The van der Waals surface area contributed by atoms with Crippen molar-refractivity contribution >= 4 is 49.4 Å². The van der Waals surface area contributed by atoms with Crippen molar-refractivity contribution in [3.63, 3.8) is 0 Å². The first-order valence-electron chi connectivity index (χ1n) is 8.43. The number of hydrogen-bond acceptors (Lipinski definition) is 5. The van der Waals surface area contributed by atoms with E-state index in [4.69, 9.17) is 0 Å². The normalized spacial score (nSPS) is 12.2. The minimum absolute atomic E-state index is 0.265. The number of anilines is 1. The van der Waals surface area contributed by atoms with Gasteiger partial charge in [0.05, 0.1) is 15.7 Å². The summed E-state index contributed by atoms with van der Waals surface area (Å²) < 4.78 is 1.00. The van der Waals surface area contributed by atoms with Gasteiger partial charge in [-0.25, -0.2) is 4.98 Å². The molecule has 0 aliphatic rings. The van der Waals surface area contributed by atoms with Crippen molar-refractivity contribution < 1.29 is 9.59 Å². The predicted molar refractivity (Wildman–Crippen MR) is 106 cm³/mol. The number of rotatable bonds is 4. The standard InChI is InChI=1S/C19H17N5O2S/c1-10-7-8-14-15(9-10)27-19(21-14)22-17(25)11(2)20-18(26)16-12-5-3-4-6-13(12)23-24-16/h3-9,11H,1-2H3,(H,20,26)(H,23,24)(H,21,22,25). The SMILES string of the molecule is Cc1ccc2nc(NC(=O)C(C)NC(=O)c3n[nH]c4ccccc34)sc2c1. The van der Waals surface area contributed by atoms with E-state index in [0.717, 1.165) is 21.3 Å². The predicted octanol–water partition coefficient (Wildman–Crippen LogP) is 3.24. The Balaban J connectivity index is 1.46. The Morgan fingerprint density at radius 3 is 2.85 bits per heavy atom. The first-order valence-corrected chi connectivity index (χ1v) is 9.25. The van der Waals surface area contributed by atoms with E-state index in [2.05, 4.69) is 25.8 Å². The van der Waals surface area contributed by atoms with Gasteiger partial charge >= 0.3 is 0 Å². The molecule has 2 aromatic carbocycles. The smallest absolute Gasteiger partial charge is 0.273 e. The van der Waals surface area contributed by atoms with Gasteiger partial charge in [-0.2, -0.15) is 5.10 Å². The molecule has 4 rings (SSSR count). The highest BCUT2D eigenvalue weighted by Crippen LogP contribution is 2.26. The monoisotopic (exact) mass is 379 g/mol. The van der Waals surface area contributed by atoms with Gasteiger partial charge in [-0.05, 0) is 37.6 Å². The molecular weight excluding hydrogens is 362 g/mol. The fourth-order valence-electron chi connectivity index (χ4n) is 2.77. The Morgan fingerprint density at radius 1 is 1.19 bits per heavy atom. The highest BCUT2D eigenvalue weighted by molar-refractivity contribution is 7.22. The topological polar surface area (TPSA) is 99.8 Å². The maximum absolute atomic E-state index is 12.5. The summed E-state index contributed by atoms with van der Waals surface area (Å²) in [5.41, 5.74) is 3.00. The van der Waals surface area contributed by atoms with Crippen molar-refractivity contribution in [1.82, 2.24) is 20.5 Å². The number of benzene rings is 2. The van der Waals surface area contributed by atoms with Gasteiger partial charge in [0.25, 0.3) is 5.91 Å². The lowest BCUT2D eigenvalue weighted by atomic mass is 10.2. The number of nitrogens with zero attached hydrogens (tertiary/aromatic N) is 2. The van der Waals surface area contributed by atoms with Gasteiger partial charge in [0, 0.05) is 5.39 Å². The van der Waals surface area contributed by atoms with E-state index >= 15 is 0 Å². The number of thiazole rings is 1. The number of hydrogen-bond donors (Lipinski definition) is 3. The number of nitrogens with one attached hydrogen (secondary N) is 3. The van der Waals surface area contributed by atoms with Gasteiger partial charge in [0.15, 0.2) is 10.8 Å². The maximum Gasteiger partial charge on any atom is 0.273 e. The fourth-order valence-corrected chi connectivity index (χ4v) is 3.73. The second-order valence-corrected chi connectivity index (χ2v) is 7.32. The van der Waals surface area contributed by atoms with Crippen LogP contribution in [0.15, 0.2) is 42.5 Å². The lowest BCUT2D eigenvalue weighted by Gasteiger charge is -2.12. The zero-order valence-corrected chi connectivity index (χ0v) is 15.6. The molecule has 0 saturated heterocycles. The van der Waals surface area contributed by atoms with Crippen LogP contribution in [0.3, 0.4) is 0 Å². The summed E-state index contributed by atoms with van der Waals surface area (Å²) >= 11 is 1.40. The van der Waals surface area contributed by atoms with E-state index < -0.39 is 11.9 Å². The molecule has 2 amide bonds. The third kappa shape index (κ3) is 3.39. The summed E-state index contributed by atoms with van der Waals surface area (Å²) in [4.78, 5) is 29.3. The Bertz CT molecular complexity index is 1160. The molecule has 3 N–H and O–H groups in total. The molecule has 0 aliphatic heterocycles. The first kappa shape index (κ1) is 17.2. The number of para-hydroxylation sites is 1. The van der Waals surface area contributed by atoms with Gasteiger partial charge < -0.3 is 10.6 Å². The molecule has 0 saturated carbocycles. The maximum atomic E-state index is 12.5. The number of aryl methyl sites for hydroxylation is 1. The molecule has 0 fully saturated rings. The van der Waals surface area contributed by atoms with Gasteiger partial charge in [-0.3, -0.25) is 14.7 Å². The number of aromatic nitrogens is 3. The second kappa shape index (κ2) is 6.81. The van der Waals surface area contributed by atoms with Crippen LogP contribution in [0.5, 0.6) is 0 Å². The summed E-state index contributed by atoms with van der Waals surface area (Å²) in [6.07, 6.45) is 0. The molecule has 7 nitrogen and oxygen atoms in total. The zero-order valence-electron chi connectivity index (χ0n) is 14.7. The molecule has 4 aromatic rings. The highest BCUT2D eigenvalue weighted by Gasteiger charge is 2.21. The van der Waals surface area contributed by atoms with E-state index in [9.17, 15) is 9.59 Å². The van der Waals surface area contributed by atoms with Crippen LogP contribution in [0, 0.1) is 6.92 Å². The lowest BCUT2D eigenvalue weighted by molar-refractivity contribution is -0.117. The highest BCUT2D eigenvalue weighted by atomic mass is 32.1. The van der Waals surface area contributed by atoms with Crippen LogP contribution in [0.2, 0.25) is 0 Å². The minimum atomic E-state index is -0.735. The summed E-state index contributed by atoms with van der Waals surface area (Å²) in [5.74, 6) is -0.742. The van der Waals surface area contributed by atoms with Crippen molar-refractivity contribution in [3.8, 4) is 0 Å². The lowest BCUT2D eigenvalue weighted by Crippen LogP contribution is -2.41. The number of carbonyl (C=O) groups is 2. The number of carbonyl (C=O) groups excluding carboxylic acids is 2. The number of amides is 2. The van der Waals surface area contributed by atoms with Crippen molar-refractivity contribution in [3.05, 3.63) is 53.7 Å². The Labute approximate surface area is 158 Å². The van der Waals surface area contributed by atoms with Crippen molar-refractivity contribution in [2.24, 2.45) is 0 Å². The quantitative estimate of drug-likeness (QED) is 0.507. The second-order valence-electron chi connectivity index (χ2n) is 6.29. The van der Waals surface area contributed by atoms with E-state index in [1.54, 1.807) is 6.92 Å². The summed E-state index contributed by atoms with van der Waals surface area (Å²) in [5, 5.41) is 13.5. The Morgan fingerprint density at radius 2 is 2.00 bits per heavy atom. The van der Waals surface area contributed by atoms with Gasteiger partial charge in [-0.15, -0.1) is 0 Å². The summed E-state index contributed by atoms with van der Waals surface area (Å²) in [7, 11) is 0. The molecule has 1 unspecified atom stereocenters. The Hall–Kier alpha value is -3.26. The molecule has 8 heteroatoms. The molecule has 0 spiro atoms. The molecule has 2 heterocycles. The van der Waals surface area contributed by atoms with Gasteiger partial charge in [0.2, 0.25) is 5.91 Å². The molecule has 27 heavy (non-hydrogen) atoms. The first-order chi connectivity index (χ1) is 13.0. The van der Waals surface area contributed by atoms with Crippen LogP contribution in [0.1, 0.15) is 23.0 Å². The summed E-state index contributed by atoms with van der Waals surface area (Å²) in [6, 6.07) is 12.5. The largest absolute Gasteiger partial charge is 0.339 e. The minimum Gasteiger partial charge on any atom is -0.339 e. The van der Waals surface area contributed by atoms with Crippen molar-refractivity contribution in [1.29, 1.82) is 0 Å². The molecule has 0 bridgehead atoms. The van der Waals surface area contributed by atoms with Crippen molar-refractivity contribution in [2.45, 2.75) is 19.9 Å². The number of H-pyrrole nitrogens is 1. The number of aromatic amines is 1. The molecule has 1 atom stereocenters. The Kier molecular flexibility index (Phi) is 4.33. The molecule has 0 radical (unpaired) electrons. The van der Waals surface area contributed by atoms with E-state index in [0.29, 0.717) is 10.5 Å². The van der Waals surface area contributed by atoms with Gasteiger partial charge in [0.1, 0.15) is 6.04 Å². The van der Waals surface area contributed by atoms with Crippen LogP contribution < -0.4 is 10.6 Å². The molecule has 0 aliphatic carbocycles. The van der Waals surface area contributed by atoms with Crippen LogP contribution in [-0.2, 0) is 4.79 Å².